The predicted octanol–water partition coefficient (Wildman–Crippen LogP) is 2.66. The van der Waals surface area contributed by atoms with Crippen LogP contribution in [0.15, 0.2) is 0 Å². The van der Waals surface area contributed by atoms with Crippen molar-refractivity contribution in [1.29, 1.82) is 0 Å². The van der Waals surface area contributed by atoms with Crippen LogP contribution in [0.5, 0.6) is 0 Å². The number of unbranched alkanes of at least 4 members (excludes halogenated alkanes) is 2. The Morgan fingerprint density at radius 3 is 0.800 bits per heavy atom. The van der Waals surface area contributed by atoms with Gasteiger partial charge in [-0.1, -0.05) is 26.7 Å². The van der Waals surface area contributed by atoms with Crippen LogP contribution >= 0.6 is 0 Å². The summed E-state index contributed by atoms with van der Waals surface area (Å²) in [4.78, 5) is 40.1. The van der Waals surface area contributed by atoms with Crippen molar-refractivity contribution in [1.82, 2.24) is 0 Å². The Labute approximate surface area is 171 Å². The molecule has 0 unspecified atom stereocenters. The second-order valence-electron chi connectivity index (χ2n) is 5.32. The Balaban J connectivity index is -0.0000000711. The molecule has 0 saturated heterocycles. The number of aliphatic hydroxyl groups excluding tert-OH is 2. The number of hydrogen-bond acceptors (Lipinski definition) is 6. The Morgan fingerprint density at radius 2 is 0.800 bits per heavy atom. The van der Waals surface area contributed by atoms with Gasteiger partial charge in [0.05, 0.1) is 12.8 Å². The van der Waals surface area contributed by atoms with Crippen molar-refractivity contribution in [2.75, 3.05) is 13.2 Å². The molecule has 0 heterocycles. The molecule has 0 aromatic rings. The van der Waals surface area contributed by atoms with Crippen LogP contribution in [0.4, 0.5) is 0 Å². The molecule has 6 nitrogen and oxygen atoms in total. The summed E-state index contributed by atoms with van der Waals surface area (Å²) in [6.45, 7) is 10.4. The van der Waals surface area contributed by atoms with Gasteiger partial charge in [0.15, 0.2) is 0 Å². The largest absolute Gasteiger partial charge is 0.396 e. The van der Waals surface area contributed by atoms with Gasteiger partial charge in [0.25, 0.3) is 0 Å². The van der Waals surface area contributed by atoms with Gasteiger partial charge in [0.1, 0.15) is 23.1 Å². The molecule has 0 aromatic carbocycles. The van der Waals surface area contributed by atoms with E-state index in [9.17, 15) is 19.2 Å². The molecule has 0 saturated carbocycles. The van der Waals surface area contributed by atoms with E-state index in [1.54, 1.807) is 0 Å². The predicted molar refractivity (Wildman–Crippen MR) is 95.9 cm³/mol. The molecule has 0 bridgehead atoms. The topological polar surface area (TPSA) is 109 Å². The first-order chi connectivity index (χ1) is 11.1. The molecule has 0 atom stereocenters. The van der Waals surface area contributed by atoms with Gasteiger partial charge in [0.2, 0.25) is 0 Å². The summed E-state index contributed by atoms with van der Waals surface area (Å²) in [5, 5.41) is 16.1. The van der Waals surface area contributed by atoms with Crippen molar-refractivity contribution in [3.63, 3.8) is 0 Å². The number of ketones is 4. The van der Waals surface area contributed by atoms with Crippen molar-refractivity contribution in [3.8, 4) is 0 Å². The van der Waals surface area contributed by atoms with Crippen LogP contribution in [-0.2, 0) is 45.0 Å². The van der Waals surface area contributed by atoms with Crippen LogP contribution in [-0.4, -0.2) is 46.6 Å². The van der Waals surface area contributed by atoms with Gasteiger partial charge < -0.3 is 10.2 Å². The first kappa shape index (κ1) is 35.6. The van der Waals surface area contributed by atoms with E-state index in [4.69, 9.17) is 10.2 Å². The summed E-state index contributed by atoms with van der Waals surface area (Å²) in [6, 6.07) is 0. The first-order valence-corrected chi connectivity index (χ1v) is 8.28. The number of carbonyl (C=O) groups excluding carboxylic acids is 4. The molecular weight excluding hydrogens is 491 g/mol. The van der Waals surface area contributed by atoms with Crippen LogP contribution in [0.1, 0.15) is 80.1 Å². The molecule has 25 heavy (non-hydrogen) atoms. The Kier molecular flexibility index (Phi) is 44.5. The summed E-state index contributed by atoms with van der Waals surface area (Å²) in [5.74, 6) is -0.250. The van der Waals surface area contributed by atoms with E-state index in [0.29, 0.717) is 13.2 Å². The number of carbonyl (C=O) groups is 4. The van der Waals surface area contributed by atoms with E-state index in [2.05, 4.69) is 13.8 Å². The van der Waals surface area contributed by atoms with Gasteiger partial charge in [-0.3, -0.25) is 19.2 Å². The molecular formula is C18H36HfO6. The van der Waals surface area contributed by atoms with Gasteiger partial charge in [-0.25, -0.2) is 0 Å². The molecule has 0 spiro atoms. The van der Waals surface area contributed by atoms with Crippen LogP contribution < -0.4 is 0 Å². The first-order valence-electron chi connectivity index (χ1n) is 8.28. The maximum Gasteiger partial charge on any atom is 0.137 e. The fraction of sp³-hybridized carbons (Fsp3) is 0.778. The fourth-order valence-electron chi connectivity index (χ4n) is 1.02. The zero-order chi connectivity index (χ0) is 20.0. The molecule has 148 valence electrons. The number of hydrogen-bond donors (Lipinski definition) is 2. The summed E-state index contributed by atoms with van der Waals surface area (Å²) >= 11 is 0. The van der Waals surface area contributed by atoms with E-state index >= 15 is 0 Å². The average Bonchev–Trinajstić information content (AvgIpc) is 2.39. The monoisotopic (exact) mass is 528 g/mol. The van der Waals surface area contributed by atoms with Gasteiger partial charge in [0, 0.05) is 39.1 Å². The average molecular weight is 527 g/mol. The SMILES string of the molecule is CC(=O)CC(C)=O.CC(=O)CC(C)=O.CCCCO.CCCCO.[Hf]. The summed E-state index contributed by atoms with van der Waals surface area (Å²) in [7, 11) is 0. The second kappa shape index (κ2) is 31.3. The zero-order valence-corrected chi connectivity index (χ0v) is 20.3. The fourth-order valence-corrected chi connectivity index (χ4v) is 1.02. The van der Waals surface area contributed by atoms with Crippen molar-refractivity contribution in [2.24, 2.45) is 0 Å². The summed E-state index contributed by atoms with van der Waals surface area (Å²) in [6.07, 6.45) is 4.24. The third-order valence-electron chi connectivity index (χ3n) is 2.02. The Morgan fingerprint density at radius 1 is 0.600 bits per heavy atom. The van der Waals surface area contributed by atoms with Gasteiger partial charge in [-0.2, -0.15) is 0 Å². The number of aliphatic hydroxyl groups is 2. The number of rotatable bonds is 8. The normalized spacial score (nSPS) is 8.00. The van der Waals surface area contributed by atoms with Crippen LogP contribution in [0, 0.1) is 0 Å². The van der Waals surface area contributed by atoms with Crippen molar-refractivity contribution >= 4 is 23.1 Å². The van der Waals surface area contributed by atoms with Crippen LogP contribution in [0.2, 0.25) is 0 Å². The van der Waals surface area contributed by atoms with Gasteiger partial charge >= 0.3 is 0 Å². The molecule has 0 aliphatic carbocycles. The molecule has 0 radical (unpaired) electrons. The quantitative estimate of drug-likeness (QED) is 0.372. The van der Waals surface area contributed by atoms with Gasteiger partial charge in [-0.05, 0) is 40.5 Å². The third kappa shape index (κ3) is 82.2. The number of Topliss-reactive ketones (excluding diaryl/α,β-unsaturated/α-hetero) is 4. The van der Waals surface area contributed by atoms with Crippen LogP contribution in [0.3, 0.4) is 0 Å². The van der Waals surface area contributed by atoms with Crippen molar-refractivity contribution < 1.29 is 55.2 Å². The molecule has 0 fully saturated rings. The Hall–Kier alpha value is -0.530. The van der Waals surface area contributed by atoms with E-state index in [-0.39, 0.29) is 61.8 Å². The van der Waals surface area contributed by atoms with Crippen LogP contribution in [0.25, 0.3) is 0 Å². The van der Waals surface area contributed by atoms with Crippen molar-refractivity contribution in [2.45, 2.75) is 80.1 Å². The van der Waals surface area contributed by atoms with Gasteiger partial charge in [-0.15, -0.1) is 0 Å². The minimum absolute atomic E-state index is 0. The standard InChI is InChI=1S/2C5H8O2.2C4H10O.Hf/c2*1-4(6)3-5(2)7;2*1-2-3-4-5;/h2*3H2,1-2H3;2*5H,2-4H2,1H3;. The zero-order valence-electron chi connectivity index (χ0n) is 16.7. The molecule has 7 heteroatoms. The minimum atomic E-state index is -0.0625. The maximum absolute atomic E-state index is 10.0. The maximum atomic E-state index is 10.0. The van der Waals surface area contributed by atoms with Crippen molar-refractivity contribution in [3.05, 3.63) is 0 Å². The molecule has 0 aliphatic heterocycles. The minimum Gasteiger partial charge on any atom is -0.396 e. The molecule has 0 aliphatic rings. The summed E-state index contributed by atoms with van der Waals surface area (Å²) < 4.78 is 0. The van der Waals surface area contributed by atoms with E-state index in [1.807, 2.05) is 0 Å². The molecule has 0 amide bonds. The molecule has 0 rings (SSSR count). The van der Waals surface area contributed by atoms with E-state index < -0.39 is 0 Å². The second-order valence-corrected chi connectivity index (χ2v) is 5.32. The van der Waals surface area contributed by atoms with E-state index in [1.165, 1.54) is 27.7 Å². The Bertz CT molecular complexity index is 270. The summed E-state index contributed by atoms with van der Waals surface area (Å²) in [5.41, 5.74) is 0. The molecule has 2 N–H and O–H groups in total. The third-order valence-corrected chi connectivity index (χ3v) is 2.02. The van der Waals surface area contributed by atoms with E-state index in [0.717, 1.165) is 25.7 Å². The molecule has 0 aromatic heterocycles. The smallest absolute Gasteiger partial charge is 0.137 e.